The molecule has 1 saturated heterocycles. The first-order valence-corrected chi connectivity index (χ1v) is 10.5. The number of amides is 1. The van der Waals surface area contributed by atoms with Gasteiger partial charge in [0.05, 0.1) is 0 Å². The van der Waals surface area contributed by atoms with Crippen LogP contribution in [0.25, 0.3) is 22.0 Å². The van der Waals surface area contributed by atoms with Gasteiger partial charge in [-0.15, -0.1) is 10.2 Å². The molecule has 2 aromatic heterocycles. The van der Waals surface area contributed by atoms with Gasteiger partial charge in [-0.3, -0.25) is 9.78 Å². The molecule has 1 aliphatic rings. The summed E-state index contributed by atoms with van der Waals surface area (Å²) in [4.78, 5) is 21.4. The second-order valence-electron chi connectivity index (χ2n) is 7.82. The zero-order valence-corrected chi connectivity index (χ0v) is 17.3. The number of hydrogen-bond donors (Lipinski definition) is 0. The van der Waals surface area contributed by atoms with Gasteiger partial charge in [-0.1, -0.05) is 48.5 Å². The number of fused-ring (bicyclic) bond motifs is 1. The molecule has 1 aliphatic heterocycles. The molecule has 154 valence electrons. The van der Waals surface area contributed by atoms with Gasteiger partial charge in [0.2, 0.25) is 0 Å². The first kappa shape index (κ1) is 19.2. The van der Waals surface area contributed by atoms with Crippen LogP contribution in [0.2, 0.25) is 0 Å². The zero-order chi connectivity index (χ0) is 21.2. The monoisotopic (exact) mass is 409 g/mol. The highest BCUT2D eigenvalue weighted by atomic mass is 16.2. The first-order chi connectivity index (χ1) is 15.2. The lowest BCUT2D eigenvalue weighted by Crippen LogP contribution is -2.54. The van der Waals surface area contributed by atoms with Crippen molar-refractivity contribution in [2.45, 2.75) is 13.0 Å². The molecule has 0 bridgehead atoms. The van der Waals surface area contributed by atoms with Crippen molar-refractivity contribution in [2.24, 2.45) is 0 Å². The number of anilines is 1. The molecule has 6 nitrogen and oxygen atoms in total. The lowest BCUT2D eigenvalue weighted by molar-refractivity contribution is 0.0726. The minimum absolute atomic E-state index is 0.0756. The molecule has 2 aromatic carbocycles. The maximum atomic E-state index is 12.9. The van der Waals surface area contributed by atoms with Gasteiger partial charge in [0.1, 0.15) is 5.69 Å². The predicted octanol–water partition coefficient (Wildman–Crippen LogP) is 4.04. The minimum Gasteiger partial charge on any atom is -0.348 e. The molecule has 0 unspecified atom stereocenters. The summed E-state index contributed by atoms with van der Waals surface area (Å²) in [7, 11) is 0. The largest absolute Gasteiger partial charge is 0.348 e. The summed E-state index contributed by atoms with van der Waals surface area (Å²) >= 11 is 0. The van der Waals surface area contributed by atoms with Crippen molar-refractivity contribution in [3.05, 3.63) is 84.7 Å². The van der Waals surface area contributed by atoms with Gasteiger partial charge in [0.25, 0.3) is 5.91 Å². The number of carbonyl (C=O) groups excluding carboxylic acids is 1. The second kappa shape index (κ2) is 8.14. The molecular weight excluding hydrogens is 386 g/mol. The number of carbonyl (C=O) groups is 1. The van der Waals surface area contributed by atoms with Crippen molar-refractivity contribution in [1.29, 1.82) is 0 Å². The lowest BCUT2D eigenvalue weighted by Gasteiger charge is -2.40. The number of nitrogens with zero attached hydrogens (tertiary/aromatic N) is 5. The molecule has 31 heavy (non-hydrogen) atoms. The maximum Gasteiger partial charge on any atom is 0.253 e. The van der Waals surface area contributed by atoms with Crippen molar-refractivity contribution in [3.8, 4) is 11.3 Å². The Kier molecular flexibility index (Phi) is 5.04. The molecule has 0 radical (unpaired) electrons. The SMILES string of the molecule is C[C@@H]1CN(C(=O)c2ccccc2)CCN1c1nnc(-c2ccccc2)c2cnccc12. The van der Waals surface area contributed by atoms with Crippen molar-refractivity contribution < 1.29 is 4.79 Å². The minimum atomic E-state index is 0.0756. The third kappa shape index (κ3) is 3.61. The molecule has 0 aliphatic carbocycles. The molecule has 3 heterocycles. The van der Waals surface area contributed by atoms with E-state index in [1.165, 1.54) is 0 Å². The van der Waals surface area contributed by atoms with Crippen LogP contribution >= 0.6 is 0 Å². The van der Waals surface area contributed by atoms with E-state index in [1.54, 1.807) is 6.20 Å². The Morgan fingerprint density at radius 2 is 1.65 bits per heavy atom. The average molecular weight is 409 g/mol. The molecule has 6 heteroatoms. The molecule has 0 spiro atoms. The van der Waals surface area contributed by atoms with E-state index in [1.807, 2.05) is 77.8 Å². The van der Waals surface area contributed by atoms with Gasteiger partial charge >= 0.3 is 0 Å². The quantitative estimate of drug-likeness (QED) is 0.511. The molecule has 1 atom stereocenters. The van der Waals surface area contributed by atoms with Crippen molar-refractivity contribution in [1.82, 2.24) is 20.1 Å². The number of benzene rings is 2. The van der Waals surface area contributed by atoms with Gasteiger partial charge in [0.15, 0.2) is 5.82 Å². The van der Waals surface area contributed by atoms with E-state index in [9.17, 15) is 4.79 Å². The Labute approximate surface area is 181 Å². The van der Waals surface area contributed by atoms with E-state index >= 15 is 0 Å². The summed E-state index contributed by atoms with van der Waals surface area (Å²) in [6.07, 6.45) is 3.65. The van der Waals surface area contributed by atoms with Crippen LogP contribution in [0.15, 0.2) is 79.1 Å². The lowest BCUT2D eigenvalue weighted by atomic mass is 10.1. The fourth-order valence-corrected chi connectivity index (χ4v) is 4.22. The molecule has 4 aromatic rings. The van der Waals surface area contributed by atoms with Crippen LogP contribution in [0.5, 0.6) is 0 Å². The Morgan fingerprint density at radius 3 is 2.39 bits per heavy atom. The van der Waals surface area contributed by atoms with Gasteiger partial charge in [-0.2, -0.15) is 0 Å². The fourth-order valence-electron chi connectivity index (χ4n) is 4.22. The summed E-state index contributed by atoms with van der Waals surface area (Å²) in [6, 6.07) is 21.6. The standard InChI is InChI=1S/C25H23N5O/c1-18-17-29(25(31)20-10-6-3-7-11-20)14-15-30(18)24-21-12-13-26-16-22(21)23(27-28-24)19-8-4-2-5-9-19/h2-13,16,18H,14-15,17H2,1H3/t18-/m1/s1. The van der Waals surface area contributed by atoms with Crippen molar-refractivity contribution >= 4 is 22.5 Å². The topological polar surface area (TPSA) is 62.2 Å². The van der Waals surface area contributed by atoms with Gasteiger partial charge in [-0.05, 0) is 25.1 Å². The van der Waals surface area contributed by atoms with Crippen LogP contribution < -0.4 is 4.90 Å². The summed E-state index contributed by atoms with van der Waals surface area (Å²) in [5.41, 5.74) is 2.58. The molecule has 1 fully saturated rings. The average Bonchev–Trinajstić information content (AvgIpc) is 2.84. The van der Waals surface area contributed by atoms with E-state index in [2.05, 4.69) is 27.0 Å². The summed E-state index contributed by atoms with van der Waals surface area (Å²) < 4.78 is 0. The number of piperazine rings is 1. The van der Waals surface area contributed by atoms with E-state index in [4.69, 9.17) is 0 Å². The normalized spacial score (nSPS) is 16.5. The highest BCUT2D eigenvalue weighted by molar-refractivity contribution is 6.00. The third-order valence-electron chi connectivity index (χ3n) is 5.82. The van der Waals surface area contributed by atoms with Crippen LogP contribution in [-0.2, 0) is 0 Å². The molecule has 0 N–H and O–H groups in total. The second-order valence-corrected chi connectivity index (χ2v) is 7.82. The number of aromatic nitrogens is 3. The number of pyridine rings is 1. The van der Waals surface area contributed by atoms with Gasteiger partial charge < -0.3 is 9.80 Å². The Morgan fingerprint density at radius 1 is 0.903 bits per heavy atom. The van der Waals surface area contributed by atoms with Crippen LogP contribution in [0.1, 0.15) is 17.3 Å². The van der Waals surface area contributed by atoms with Gasteiger partial charge in [0, 0.05) is 60.0 Å². The summed E-state index contributed by atoms with van der Waals surface area (Å²) in [6.45, 7) is 4.12. The number of rotatable bonds is 3. The van der Waals surface area contributed by atoms with Crippen molar-refractivity contribution in [2.75, 3.05) is 24.5 Å². The highest BCUT2D eigenvalue weighted by Crippen LogP contribution is 2.32. The molecule has 5 rings (SSSR count). The Hall–Kier alpha value is -3.80. The summed E-state index contributed by atoms with van der Waals surface area (Å²) in [5, 5.41) is 11.2. The van der Waals surface area contributed by atoms with E-state index in [-0.39, 0.29) is 11.9 Å². The maximum absolute atomic E-state index is 12.9. The van der Waals surface area contributed by atoms with E-state index < -0.39 is 0 Å². The Balaban J connectivity index is 1.45. The predicted molar refractivity (Wildman–Crippen MR) is 122 cm³/mol. The molecular formula is C25H23N5O. The van der Waals surface area contributed by atoms with Crippen molar-refractivity contribution in [3.63, 3.8) is 0 Å². The smallest absolute Gasteiger partial charge is 0.253 e. The zero-order valence-electron chi connectivity index (χ0n) is 17.3. The third-order valence-corrected chi connectivity index (χ3v) is 5.82. The van der Waals surface area contributed by atoms with Crippen LogP contribution in [0.4, 0.5) is 5.82 Å². The van der Waals surface area contributed by atoms with E-state index in [0.717, 1.165) is 33.4 Å². The van der Waals surface area contributed by atoms with Crippen LogP contribution in [0, 0.1) is 0 Å². The molecule has 0 saturated carbocycles. The van der Waals surface area contributed by atoms with E-state index in [0.29, 0.717) is 19.6 Å². The first-order valence-electron chi connectivity index (χ1n) is 10.5. The number of hydrogen-bond acceptors (Lipinski definition) is 5. The van der Waals surface area contributed by atoms with Crippen LogP contribution in [0.3, 0.4) is 0 Å². The van der Waals surface area contributed by atoms with Crippen LogP contribution in [-0.4, -0.2) is 51.7 Å². The molecule has 1 amide bonds. The Bertz CT molecular complexity index is 1210. The summed E-state index contributed by atoms with van der Waals surface area (Å²) in [5.74, 6) is 0.919. The fraction of sp³-hybridized carbons (Fsp3) is 0.200. The van der Waals surface area contributed by atoms with Gasteiger partial charge in [-0.25, -0.2) is 0 Å². The highest BCUT2D eigenvalue weighted by Gasteiger charge is 2.29.